The molecule has 0 spiro atoms. The van der Waals surface area contributed by atoms with Gasteiger partial charge >= 0.3 is 0 Å². The summed E-state index contributed by atoms with van der Waals surface area (Å²) in [7, 11) is 0. The van der Waals surface area contributed by atoms with E-state index in [9.17, 15) is 9.18 Å². The summed E-state index contributed by atoms with van der Waals surface area (Å²) in [4.78, 5) is 11.6. The van der Waals surface area contributed by atoms with Gasteiger partial charge in [0.25, 0.3) is 0 Å². The van der Waals surface area contributed by atoms with Crippen molar-refractivity contribution in [3.63, 3.8) is 0 Å². The number of rotatable bonds is 3. The zero-order valence-electron chi connectivity index (χ0n) is 7.81. The molecule has 0 heterocycles. The van der Waals surface area contributed by atoms with E-state index in [1.807, 2.05) is 0 Å². The van der Waals surface area contributed by atoms with Crippen molar-refractivity contribution in [3.05, 3.63) is 46.2 Å². The Bertz CT molecular complexity index is 385. The third-order valence-electron chi connectivity index (χ3n) is 1.69. The lowest BCUT2D eigenvalue weighted by Gasteiger charge is -2.03. The number of carbonyl (C=O) groups excluding carboxylic acids is 1. The Morgan fingerprint density at radius 3 is 2.79 bits per heavy atom. The predicted molar refractivity (Wildman–Crippen MR) is 57.9 cm³/mol. The molecule has 74 valence electrons. The van der Waals surface area contributed by atoms with E-state index in [1.165, 1.54) is 18.2 Å². The van der Waals surface area contributed by atoms with Gasteiger partial charge in [-0.1, -0.05) is 28.1 Å². The quantitative estimate of drug-likeness (QED) is 0.595. The highest BCUT2D eigenvalue weighted by molar-refractivity contribution is 9.10. The van der Waals surface area contributed by atoms with Crippen molar-refractivity contribution in [2.75, 3.05) is 0 Å². The van der Waals surface area contributed by atoms with Crippen LogP contribution < -0.4 is 0 Å². The van der Waals surface area contributed by atoms with Crippen LogP contribution in [0.1, 0.15) is 23.7 Å². The van der Waals surface area contributed by atoms with Crippen molar-refractivity contribution in [1.82, 2.24) is 0 Å². The molecule has 0 radical (unpaired) electrons. The van der Waals surface area contributed by atoms with Crippen LogP contribution in [0, 0.1) is 5.82 Å². The van der Waals surface area contributed by atoms with Crippen LogP contribution in [-0.4, -0.2) is 5.78 Å². The maximum absolute atomic E-state index is 12.8. The third kappa shape index (κ3) is 2.77. The van der Waals surface area contributed by atoms with E-state index < -0.39 is 5.82 Å². The van der Waals surface area contributed by atoms with Crippen LogP contribution >= 0.6 is 15.9 Å². The van der Waals surface area contributed by atoms with Gasteiger partial charge in [-0.25, -0.2) is 4.39 Å². The molecule has 0 unspecified atom stereocenters. The summed E-state index contributed by atoms with van der Waals surface area (Å²) in [6, 6.07) is 4.07. The third-order valence-corrected chi connectivity index (χ3v) is 2.38. The maximum Gasteiger partial charge on any atom is 0.168 e. The van der Waals surface area contributed by atoms with E-state index in [0.717, 1.165) is 5.57 Å². The number of hydrogen-bond donors (Lipinski definition) is 0. The van der Waals surface area contributed by atoms with Gasteiger partial charge in [0.05, 0.1) is 0 Å². The first-order valence-corrected chi connectivity index (χ1v) is 4.92. The van der Waals surface area contributed by atoms with Crippen LogP contribution in [0.2, 0.25) is 0 Å². The summed E-state index contributed by atoms with van der Waals surface area (Å²) in [6.45, 7) is 5.41. The number of allylic oxidation sites excluding steroid dienone is 1. The smallest absolute Gasteiger partial charge is 0.168 e. The summed E-state index contributed by atoms with van der Waals surface area (Å²) in [5.74, 6) is -0.526. The number of Topliss-reactive ketones (excluding diaryl/α,β-unsaturated/α-hetero) is 1. The van der Waals surface area contributed by atoms with Gasteiger partial charge in [-0.3, -0.25) is 4.79 Å². The second-order valence-electron chi connectivity index (χ2n) is 3.18. The fourth-order valence-corrected chi connectivity index (χ4v) is 1.55. The van der Waals surface area contributed by atoms with Crippen LogP contribution in [0.5, 0.6) is 0 Å². The molecular formula is C11H10BrFO. The summed E-state index contributed by atoms with van der Waals surface area (Å²) in [5.41, 5.74) is 1.14. The van der Waals surface area contributed by atoms with Gasteiger partial charge in [0.2, 0.25) is 0 Å². The molecule has 0 aliphatic carbocycles. The number of carbonyl (C=O) groups is 1. The van der Waals surface area contributed by atoms with Crippen molar-refractivity contribution >= 4 is 21.7 Å². The van der Waals surface area contributed by atoms with Crippen molar-refractivity contribution in [3.8, 4) is 0 Å². The van der Waals surface area contributed by atoms with E-state index in [-0.39, 0.29) is 12.2 Å². The van der Waals surface area contributed by atoms with Gasteiger partial charge in [-0.15, -0.1) is 0 Å². The molecule has 0 saturated carbocycles. The van der Waals surface area contributed by atoms with E-state index in [2.05, 4.69) is 22.5 Å². The number of halogens is 2. The molecule has 0 saturated heterocycles. The first-order valence-electron chi connectivity index (χ1n) is 4.13. The van der Waals surface area contributed by atoms with Gasteiger partial charge in [-0.05, 0) is 25.1 Å². The summed E-state index contributed by atoms with van der Waals surface area (Å²) in [6.07, 6.45) is 0.252. The highest BCUT2D eigenvalue weighted by Crippen LogP contribution is 2.20. The molecule has 14 heavy (non-hydrogen) atoms. The Morgan fingerprint density at radius 2 is 2.21 bits per heavy atom. The monoisotopic (exact) mass is 256 g/mol. The molecule has 1 aromatic rings. The Morgan fingerprint density at radius 1 is 1.57 bits per heavy atom. The minimum atomic E-state index is -0.404. The number of ketones is 1. The number of hydrogen-bond acceptors (Lipinski definition) is 1. The van der Waals surface area contributed by atoms with Crippen LogP contribution in [0.3, 0.4) is 0 Å². The second-order valence-corrected chi connectivity index (χ2v) is 4.04. The van der Waals surface area contributed by atoms with E-state index in [4.69, 9.17) is 0 Å². The van der Waals surface area contributed by atoms with Gasteiger partial charge in [0, 0.05) is 16.5 Å². The Hall–Kier alpha value is -0.960. The van der Waals surface area contributed by atoms with Crippen molar-refractivity contribution in [2.45, 2.75) is 13.3 Å². The SMILES string of the molecule is C=C(C)CC(=O)c1cc(F)ccc1Br. The standard InChI is InChI=1S/C11H10BrFO/c1-7(2)5-11(14)9-6-8(13)3-4-10(9)12/h3-4,6H,1,5H2,2H3. The second kappa shape index (κ2) is 4.51. The lowest BCUT2D eigenvalue weighted by atomic mass is 10.1. The summed E-state index contributed by atoms with van der Waals surface area (Å²) in [5, 5.41) is 0. The minimum Gasteiger partial charge on any atom is -0.294 e. The van der Waals surface area contributed by atoms with Crippen LogP contribution in [0.15, 0.2) is 34.8 Å². The molecule has 1 rings (SSSR count). The molecule has 0 N–H and O–H groups in total. The Labute approximate surface area is 90.8 Å². The highest BCUT2D eigenvalue weighted by Gasteiger charge is 2.10. The first kappa shape index (κ1) is 11.1. The van der Waals surface area contributed by atoms with Gasteiger partial charge in [0.15, 0.2) is 5.78 Å². The molecule has 1 nitrogen and oxygen atoms in total. The zero-order chi connectivity index (χ0) is 10.7. The summed E-state index contributed by atoms with van der Waals surface area (Å²) < 4.78 is 13.5. The van der Waals surface area contributed by atoms with Crippen LogP contribution in [0.25, 0.3) is 0 Å². The first-order chi connectivity index (χ1) is 6.50. The molecule has 0 atom stereocenters. The van der Waals surface area contributed by atoms with Crippen molar-refractivity contribution in [2.24, 2.45) is 0 Å². The Kier molecular flexibility index (Phi) is 3.58. The topological polar surface area (TPSA) is 17.1 Å². The lowest BCUT2D eigenvalue weighted by Crippen LogP contribution is -2.01. The van der Waals surface area contributed by atoms with E-state index in [0.29, 0.717) is 10.0 Å². The fourth-order valence-electron chi connectivity index (χ4n) is 1.08. The molecule has 0 aliphatic rings. The van der Waals surface area contributed by atoms with Crippen LogP contribution in [0.4, 0.5) is 4.39 Å². The maximum atomic E-state index is 12.8. The van der Waals surface area contributed by atoms with Gasteiger partial charge < -0.3 is 0 Å². The molecule has 0 bridgehead atoms. The molecular weight excluding hydrogens is 247 g/mol. The van der Waals surface area contributed by atoms with Gasteiger partial charge in [-0.2, -0.15) is 0 Å². The zero-order valence-corrected chi connectivity index (χ0v) is 9.40. The van der Waals surface area contributed by atoms with Crippen molar-refractivity contribution in [1.29, 1.82) is 0 Å². The minimum absolute atomic E-state index is 0.121. The molecule has 3 heteroatoms. The predicted octanol–water partition coefficient (Wildman–Crippen LogP) is 3.74. The highest BCUT2D eigenvalue weighted by atomic mass is 79.9. The average Bonchev–Trinajstić information content (AvgIpc) is 2.08. The Balaban J connectivity index is 3.00. The van der Waals surface area contributed by atoms with Crippen molar-refractivity contribution < 1.29 is 9.18 Å². The number of benzene rings is 1. The van der Waals surface area contributed by atoms with Gasteiger partial charge in [0.1, 0.15) is 5.82 Å². The van der Waals surface area contributed by atoms with E-state index >= 15 is 0 Å². The normalized spacial score (nSPS) is 9.93. The largest absolute Gasteiger partial charge is 0.294 e. The molecule has 0 aromatic heterocycles. The fraction of sp³-hybridized carbons (Fsp3) is 0.182. The van der Waals surface area contributed by atoms with E-state index in [1.54, 1.807) is 6.92 Å². The molecule has 0 fully saturated rings. The lowest BCUT2D eigenvalue weighted by molar-refractivity contribution is 0.0992. The molecule has 0 aliphatic heterocycles. The molecule has 0 amide bonds. The molecule has 1 aromatic carbocycles. The average molecular weight is 257 g/mol. The van der Waals surface area contributed by atoms with Crippen LogP contribution in [-0.2, 0) is 0 Å². The summed E-state index contributed by atoms with van der Waals surface area (Å²) >= 11 is 3.20.